The molecule has 0 aliphatic carbocycles. The standard InChI is InChI=1S/C24H30N2O4S2/c27-23(20-9-11-22(12-10-20)32(28,29)26-15-5-2-6-16-26)25-19-24(13-17-30-18-14-24)31-21-7-3-1-4-8-21/h1,3-4,7-12H,2,5-6,13-19H2,(H,25,27). The molecule has 1 N–H and O–H groups in total. The van der Waals surface area contributed by atoms with Crippen LogP contribution in [0.15, 0.2) is 64.4 Å². The van der Waals surface area contributed by atoms with Gasteiger partial charge in [0.2, 0.25) is 10.0 Å². The van der Waals surface area contributed by atoms with E-state index < -0.39 is 10.0 Å². The molecule has 0 unspecified atom stereocenters. The van der Waals surface area contributed by atoms with Crippen LogP contribution in [0, 0.1) is 0 Å². The van der Waals surface area contributed by atoms with Crippen LogP contribution >= 0.6 is 11.8 Å². The molecule has 0 saturated carbocycles. The van der Waals surface area contributed by atoms with Crippen LogP contribution < -0.4 is 5.32 Å². The summed E-state index contributed by atoms with van der Waals surface area (Å²) in [6.45, 7) is 3.02. The highest BCUT2D eigenvalue weighted by atomic mass is 32.2. The van der Waals surface area contributed by atoms with Crippen LogP contribution in [0.2, 0.25) is 0 Å². The van der Waals surface area contributed by atoms with Crippen LogP contribution in [-0.2, 0) is 14.8 Å². The molecule has 0 radical (unpaired) electrons. The molecule has 2 aromatic carbocycles. The van der Waals surface area contributed by atoms with Crippen molar-refractivity contribution < 1.29 is 17.9 Å². The first-order valence-corrected chi connectivity index (χ1v) is 13.4. The van der Waals surface area contributed by atoms with E-state index in [2.05, 4.69) is 17.4 Å². The molecule has 2 aliphatic rings. The van der Waals surface area contributed by atoms with E-state index in [1.807, 2.05) is 18.2 Å². The maximum Gasteiger partial charge on any atom is 0.251 e. The number of nitrogens with zero attached hydrogens (tertiary/aromatic N) is 1. The van der Waals surface area contributed by atoms with Crippen LogP contribution in [0.3, 0.4) is 0 Å². The van der Waals surface area contributed by atoms with Gasteiger partial charge in [0.25, 0.3) is 5.91 Å². The Morgan fingerprint density at radius 3 is 2.28 bits per heavy atom. The van der Waals surface area contributed by atoms with Crippen LogP contribution in [0.1, 0.15) is 42.5 Å². The Bertz CT molecular complexity index is 998. The van der Waals surface area contributed by atoms with E-state index in [1.165, 1.54) is 4.90 Å². The van der Waals surface area contributed by atoms with Crippen molar-refractivity contribution in [2.45, 2.75) is 46.6 Å². The minimum atomic E-state index is -3.49. The van der Waals surface area contributed by atoms with Crippen molar-refractivity contribution in [1.82, 2.24) is 9.62 Å². The van der Waals surface area contributed by atoms with Crippen LogP contribution in [-0.4, -0.2) is 56.2 Å². The molecule has 2 saturated heterocycles. The summed E-state index contributed by atoms with van der Waals surface area (Å²) in [6.07, 6.45) is 4.59. The third-order valence-corrected chi connectivity index (χ3v) is 9.53. The van der Waals surface area contributed by atoms with Crippen molar-refractivity contribution in [3.8, 4) is 0 Å². The highest BCUT2D eigenvalue weighted by Crippen LogP contribution is 2.40. The van der Waals surface area contributed by atoms with Crippen molar-refractivity contribution in [2.24, 2.45) is 0 Å². The molecule has 0 aromatic heterocycles. The van der Waals surface area contributed by atoms with E-state index >= 15 is 0 Å². The van der Waals surface area contributed by atoms with Crippen LogP contribution in [0.4, 0.5) is 0 Å². The second-order valence-corrected chi connectivity index (χ2v) is 11.9. The molecule has 0 bridgehead atoms. The molecule has 2 heterocycles. The lowest BCUT2D eigenvalue weighted by molar-refractivity contribution is 0.0741. The van der Waals surface area contributed by atoms with Gasteiger partial charge in [-0.1, -0.05) is 24.6 Å². The number of carbonyl (C=O) groups is 1. The molecular weight excluding hydrogens is 444 g/mol. The Labute approximate surface area is 194 Å². The number of sulfonamides is 1. The van der Waals surface area contributed by atoms with E-state index in [9.17, 15) is 13.2 Å². The van der Waals surface area contributed by atoms with E-state index in [4.69, 9.17) is 4.74 Å². The summed E-state index contributed by atoms with van der Waals surface area (Å²) in [5, 5.41) is 3.08. The first-order valence-electron chi connectivity index (χ1n) is 11.2. The Morgan fingerprint density at radius 1 is 0.969 bits per heavy atom. The fourth-order valence-electron chi connectivity index (χ4n) is 4.17. The molecule has 0 atom stereocenters. The Hall–Kier alpha value is -1.87. The number of nitrogens with one attached hydrogen (secondary N) is 1. The largest absolute Gasteiger partial charge is 0.381 e. The van der Waals surface area contributed by atoms with E-state index in [0.29, 0.717) is 38.4 Å². The maximum absolute atomic E-state index is 12.8. The Kier molecular flexibility index (Phi) is 7.55. The van der Waals surface area contributed by atoms with E-state index in [1.54, 1.807) is 40.3 Å². The number of hydrogen-bond donors (Lipinski definition) is 1. The average molecular weight is 475 g/mol. The van der Waals surface area contributed by atoms with Gasteiger partial charge in [0, 0.05) is 48.1 Å². The van der Waals surface area contributed by atoms with Gasteiger partial charge in [0.1, 0.15) is 0 Å². The summed E-state index contributed by atoms with van der Waals surface area (Å²) in [6, 6.07) is 16.5. The maximum atomic E-state index is 12.8. The molecular formula is C24H30N2O4S2. The van der Waals surface area contributed by atoms with Gasteiger partial charge in [0.05, 0.1) is 4.90 Å². The number of rotatable bonds is 7. The Balaban J connectivity index is 1.41. The van der Waals surface area contributed by atoms with Gasteiger partial charge >= 0.3 is 0 Å². The van der Waals surface area contributed by atoms with Gasteiger partial charge in [-0.15, -0.1) is 11.8 Å². The minimum Gasteiger partial charge on any atom is -0.381 e. The Morgan fingerprint density at radius 2 is 1.62 bits per heavy atom. The summed E-state index contributed by atoms with van der Waals surface area (Å²) in [7, 11) is -3.49. The van der Waals surface area contributed by atoms with Crippen LogP contribution in [0.5, 0.6) is 0 Å². The molecule has 172 valence electrons. The zero-order valence-corrected chi connectivity index (χ0v) is 19.8. The van der Waals surface area contributed by atoms with Gasteiger partial charge in [-0.25, -0.2) is 8.42 Å². The zero-order valence-electron chi connectivity index (χ0n) is 18.2. The zero-order chi connectivity index (χ0) is 22.4. The van der Waals surface area contributed by atoms with Gasteiger partial charge in [-0.05, 0) is 62.1 Å². The third kappa shape index (κ3) is 5.54. The van der Waals surface area contributed by atoms with Gasteiger partial charge in [-0.2, -0.15) is 4.31 Å². The molecule has 2 fully saturated rings. The lowest BCUT2D eigenvalue weighted by Crippen LogP contribution is -2.44. The van der Waals surface area contributed by atoms with Crippen molar-refractivity contribution in [3.05, 3.63) is 60.2 Å². The number of hydrogen-bond acceptors (Lipinski definition) is 5. The van der Waals surface area contributed by atoms with Crippen molar-refractivity contribution in [3.63, 3.8) is 0 Å². The molecule has 8 heteroatoms. The van der Waals surface area contributed by atoms with Crippen molar-refractivity contribution in [1.29, 1.82) is 0 Å². The summed E-state index contributed by atoms with van der Waals surface area (Å²) in [5.41, 5.74) is 0.467. The second kappa shape index (κ2) is 10.4. The second-order valence-electron chi connectivity index (χ2n) is 8.38. The smallest absolute Gasteiger partial charge is 0.251 e. The number of thioether (sulfide) groups is 1. The molecule has 2 aromatic rings. The van der Waals surface area contributed by atoms with Crippen LogP contribution in [0.25, 0.3) is 0 Å². The molecule has 2 aliphatic heterocycles. The number of carbonyl (C=O) groups excluding carboxylic acids is 1. The first-order chi connectivity index (χ1) is 15.5. The lowest BCUT2D eigenvalue weighted by Gasteiger charge is -2.36. The number of piperidine rings is 1. The summed E-state index contributed by atoms with van der Waals surface area (Å²) < 4.78 is 32.6. The fourth-order valence-corrected chi connectivity index (χ4v) is 7.00. The number of amides is 1. The molecule has 4 rings (SSSR count). The number of ether oxygens (including phenoxy) is 1. The highest BCUT2D eigenvalue weighted by molar-refractivity contribution is 8.00. The molecule has 32 heavy (non-hydrogen) atoms. The summed E-state index contributed by atoms with van der Waals surface area (Å²) in [5.74, 6) is -0.188. The van der Waals surface area contributed by atoms with Crippen molar-refractivity contribution in [2.75, 3.05) is 32.8 Å². The van der Waals surface area contributed by atoms with Crippen molar-refractivity contribution >= 4 is 27.7 Å². The normalized spacial score (nSPS) is 19.4. The highest BCUT2D eigenvalue weighted by Gasteiger charge is 2.34. The first kappa shape index (κ1) is 23.3. The molecule has 0 spiro atoms. The predicted molar refractivity (Wildman–Crippen MR) is 126 cm³/mol. The summed E-state index contributed by atoms with van der Waals surface area (Å²) in [4.78, 5) is 14.3. The fraction of sp³-hybridized carbons (Fsp3) is 0.458. The quantitative estimate of drug-likeness (QED) is 0.658. The monoisotopic (exact) mass is 474 g/mol. The van der Waals surface area contributed by atoms with E-state index in [-0.39, 0.29) is 15.5 Å². The SMILES string of the molecule is O=C(NCC1(Sc2ccccc2)CCOCC1)c1ccc(S(=O)(=O)N2CCCCC2)cc1. The number of benzene rings is 2. The predicted octanol–water partition coefficient (Wildman–Crippen LogP) is 3.93. The summed E-state index contributed by atoms with van der Waals surface area (Å²) >= 11 is 1.79. The van der Waals surface area contributed by atoms with Gasteiger partial charge in [0.15, 0.2) is 0 Å². The topological polar surface area (TPSA) is 75.7 Å². The van der Waals surface area contributed by atoms with Gasteiger partial charge in [-0.3, -0.25) is 4.79 Å². The molecule has 6 nitrogen and oxygen atoms in total. The van der Waals surface area contributed by atoms with Gasteiger partial charge < -0.3 is 10.1 Å². The average Bonchev–Trinajstić information content (AvgIpc) is 2.84. The molecule has 1 amide bonds. The van der Waals surface area contributed by atoms with E-state index in [0.717, 1.165) is 32.1 Å². The minimum absolute atomic E-state index is 0.118. The lowest BCUT2D eigenvalue weighted by atomic mass is 9.99. The third-order valence-electron chi connectivity index (χ3n) is 6.12.